The number of aryl methyl sites for hydroxylation is 2. The Morgan fingerprint density at radius 1 is 1.23 bits per heavy atom. The molecular weight excluding hydrogens is 276 g/mol. The molecule has 0 bridgehead atoms. The summed E-state index contributed by atoms with van der Waals surface area (Å²) in [5, 5.41) is 0. The Morgan fingerprint density at radius 2 is 1.91 bits per heavy atom. The second kappa shape index (κ2) is 6.23. The summed E-state index contributed by atoms with van der Waals surface area (Å²) in [4.78, 5) is 25.2. The van der Waals surface area contributed by atoms with E-state index in [1.54, 1.807) is 0 Å². The van der Waals surface area contributed by atoms with Gasteiger partial charge in [-0.2, -0.15) is 0 Å². The van der Waals surface area contributed by atoms with E-state index in [-0.39, 0.29) is 0 Å². The predicted octanol–water partition coefficient (Wildman–Crippen LogP) is 2.18. The Balaban J connectivity index is 1.52. The quantitative estimate of drug-likeness (QED) is 0.855. The lowest BCUT2D eigenvalue weighted by Crippen LogP contribution is -2.40. The Bertz CT molecular complexity index is 527. The monoisotopic (exact) mass is 302 g/mol. The zero-order valence-corrected chi connectivity index (χ0v) is 13.9. The molecule has 120 valence electrons. The molecule has 2 fully saturated rings. The molecule has 22 heavy (non-hydrogen) atoms. The molecule has 0 spiro atoms. The Hall–Kier alpha value is -1.65. The van der Waals surface area contributed by atoms with Gasteiger partial charge in [-0.3, -0.25) is 4.79 Å². The summed E-state index contributed by atoms with van der Waals surface area (Å²) < 4.78 is 0. The largest absolute Gasteiger partial charge is 0.356 e. The fourth-order valence-corrected chi connectivity index (χ4v) is 3.32. The van der Waals surface area contributed by atoms with Crippen molar-refractivity contribution >= 4 is 11.7 Å². The van der Waals surface area contributed by atoms with Gasteiger partial charge in [-0.25, -0.2) is 9.97 Å². The first kappa shape index (κ1) is 15.3. The maximum atomic E-state index is 12.0. The summed E-state index contributed by atoms with van der Waals surface area (Å²) in [6.45, 7) is 6.91. The van der Waals surface area contributed by atoms with Gasteiger partial charge in [0.15, 0.2) is 0 Å². The second-order valence-electron chi connectivity index (χ2n) is 6.84. The number of nitrogens with zero attached hydrogens (tertiary/aromatic N) is 4. The Labute approximate surface area is 132 Å². The minimum Gasteiger partial charge on any atom is -0.356 e. The van der Waals surface area contributed by atoms with Crippen molar-refractivity contribution in [2.24, 2.45) is 11.8 Å². The van der Waals surface area contributed by atoms with Gasteiger partial charge in [0.05, 0.1) is 0 Å². The van der Waals surface area contributed by atoms with Crippen molar-refractivity contribution in [3.63, 3.8) is 0 Å². The topological polar surface area (TPSA) is 49.3 Å². The zero-order valence-electron chi connectivity index (χ0n) is 13.9. The van der Waals surface area contributed by atoms with Crippen molar-refractivity contribution in [3.05, 3.63) is 17.6 Å². The Kier molecular flexibility index (Phi) is 4.32. The predicted molar refractivity (Wildman–Crippen MR) is 86.8 cm³/mol. The highest BCUT2D eigenvalue weighted by molar-refractivity contribution is 5.80. The van der Waals surface area contributed by atoms with Crippen molar-refractivity contribution < 1.29 is 4.79 Å². The van der Waals surface area contributed by atoms with Crippen LogP contribution in [-0.2, 0) is 4.79 Å². The highest BCUT2D eigenvalue weighted by Crippen LogP contribution is 2.31. The molecule has 2 aliphatic rings. The van der Waals surface area contributed by atoms with Crippen LogP contribution in [0.4, 0.5) is 5.82 Å². The lowest BCUT2D eigenvalue weighted by Gasteiger charge is -2.34. The number of anilines is 1. The van der Waals surface area contributed by atoms with E-state index in [4.69, 9.17) is 0 Å². The molecule has 1 aromatic heterocycles. The molecule has 1 aromatic rings. The van der Waals surface area contributed by atoms with E-state index in [0.717, 1.165) is 62.7 Å². The van der Waals surface area contributed by atoms with Crippen LogP contribution < -0.4 is 4.90 Å². The zero-order chi connectivity index (χ0) is 15.7. The minimum absolute atomic E-state index is 0.331. The van der Waals surface area contributed by atoms with Crippen LogP contribution in [0.15, 0.2) is 6.07 Å². The lowest BCUT2D eigenvalue weighted by atomic mass is 9.96. The normalized spacial score (nSPS) is 19.3. The van der Waals surface area contributed by atoms with Crippen molar-refractivity contribution in [1.82, 2.24) is 14.9 Å². The van der Waals surface area contributed by atoms with Crippen LogP contribution in [0.1, 0.15) is 37.2 Å². The average Bonchev–Trinajstić information content (AvgIpc) is 3.30. The van der Waals surface area contributed by atoms with Crippen molar-refractivity contribution in [3.8, 4) is 0 Å². The van der Waals surface area contributed by atoms with Crippen LogP contribution >= 0.6 is 0 Å². The van der Waals surface area contributed by atoms with E-state index in [1.165, 1.54) is 0 Å². The van der Waals surface area contributed by atoms with E-state index < -0.39 is 0 Å². The summed E-state index contributed by atoms with van der Waals surface area (Å²) in [7, 11) is 1.96. The number of carbonyl (C=O) groups is 1. The standard InChI is InChI=1S/C17H26N4O/c1-12-10-16(19-13(2)18-12)21-8-6-14(7-9-21)11-20(3)17(22)15-4-5-15/h10,14-15H,4-9,11H2,1-3H3. The highest BCUT2D eigenvalue weighted by atomic mass is 16.2. The van der Waals surface area contributed by atoms with E-state index in [9.17, 15) is 4.79 Å². The summed E-state index contributed by atoms with van der Waals surface area (Å²) in [5.74, 6) is 3.19. The molecule has 1 aliphatic heterocycles. The van der Waals surface area contributed by atoms with E-state index in [2.05, 4.69) is 20.9 Å². The van der Waals surface area contributed by atoms with Gasteiger partial charge in [0.1, 0.15) is 11.6 Å². The van der Waals surface area contributed by atoms with Gasteiger partial charge in [-0.05, 0) is 45.4 Å². The highest BCUT2D eigenvalue weighted by Gasteiger charge is 2.33. The number of piperidine rings is 1. The first-order valence-corrected chi connectivity index (χ1v) is 8.35. The third-order valence-electron chi connectivity index (χ3n) is 4.73. The molecule has 0 aromatic carbocycles. The van der Waals surface area contributed by atoms with E-state index in [1.807, 2.05) is 25.8 Å². The Morgan fingerprint density at radius 3 is 2.50 bits per heavy atom. The van der Waals surface area contributed by atoms with Gasteiger partial charge in [-0.1, -0.05) is 0 Å². The van der Waals surface area contributed by atoms with Crippen LogP contribution in [0.3, 0.4) is 0 Å². The summed E-state index contributed by atoms with van der Waals surface area (Å²) in [6, 6.07) is 2.07. The first-order chi connectivity index (χ1) is 10.5. The smallest absolute Gasteiger partial charge is 0.225 e. The number of aromatic nitrogens is 2. The molecule has 1 saturated heterocycles. The molecule has 0 unspecified atom stereocenters. The third kappa shape index (κ3) is 3.57. The molecule has 0 atom stereocenters. The number of amides is 1. The average molecular weight is 302 g/mol. The lowest BCUT2D eigenvalue weighted by molar-refractivity contribution is -0.131. The first-order valence-electron chi connectivity index (χ1n) is 8.35. The molecule has 0 N–H and O–H groups in total. The van der Waals surface area contributed by atoms with Gasteiger partial charge in [0.2, 0.25) is 5.91 Å². The fraction of sp³-hybridized carbons (Fsp3) is 0.706. The second-order valence-corrected chi connectivity index (χ2v) is 6.84. The van der Waals surface area contributed by atoms with Crippen LogP contribution in [0.5, 0.6) is 0 Å². The van der Waals surface area contributed by atoms with Crippen LogP contribution in [0.25, 0.3) is 0 Å². The van der Waals surface area contributed by atoms with Gasteiger partial charge in [0.25, 0.3) is 0 Å². The van der Waals surface area contributed by atoms with Gasteiger partial charge in [-0.15, -0.1) is 0 Å². The summed E-state index contributed by atoms with van der Waals surface area (Å²) >= 11 is 0. The van der Waals surface area contributed by atoms with E-state index >= 15 is 0 Å². The molecule has 0 radical (unpaired) electrons. The maximum absolute atomic E-state index is 12.0. The molecule has 1 amide bonds. The van der Waals surface area contributed by atoms with Gasteiger partial charge in [0, 0.05) is 44.4 Å². The number of hydrogen-bond acceptors (Lipinski definition) is 4. The molecule has 5 nitrogen and oxygen atoms in total. The molecule has 5 heteroatoms. The fourth-order valence-electron chi connectivity index (χ4n) is 3.32. The minimum atomic E-state index is 0.331. The van der Waals surface area contributed by atoms with Crippen LogP contribution in [0, 0.1) is 25.7 Å². The maximum Gasteiger partial charge on any atom is 0.225 e. The summed E-state index contributed by atoms with van der Waals surface area (Å²) in [5.41, 5.74) is 1.03. The molecule has 2 heterocycles. The summed E-state index contributed by atoms with van der Waals surface area (Å²) in [6.07, 6.45) is 4.44. The molecular formula is C17H26N4O. The van der Waals surface area contributed by atoms with Gasteiger partial charge >= 0.3 is 0 Å². The molecule has 1 aliphatic carbocycles. The van der Waals surface area contributed by atoms with Crippen molar-refractivity contribution in [1.29, 1.82) is 0 Å². The number of carbonyl (C=O) groups excluding carboxylic acids is 1. The third-order valence-corrected chi connectivity index (χ3v) is 4.73. The van der Waals surface area contributed by atoms with Crippen molar-refractivity contribution in [2.45, 2.75) is 39.5 Å². The molecule has 1 saturated carbocycles. The number of rotatable bonds is 4. The number of hydrogen-bond donors (Lipinski definition) is 0. The van der Waals surface area contributed by atoms with Gasteiger partial charge < -0.3 is 9.80 Å². The molecule has 3 rings (SSSR count). The SMILES string of the molecule is Cc1cc(N2CCC(CN(C)C(=O)C3CC3)CC2)nc(C)n1. The van der Waals surface area contributed by atoms with Crippen LogP contribution in [0.2, 0.25) is 0 Å². The van der Waals surface area contributed by atoms with Crippen LogP contribution in [-0.4, -0.2) is 47.5 Å². The van der Waals surface area contributed by atoms with E-state index in [0.29, 0.717) is 17.7 Å². The van der Waals surface area contributed by atoms with Crippen molar-refractivity contribution in [2.75, 3.05) is 31.6 Å².